The van der Waals surface area contributed by atoms with E-state index < -0.39 is 5.97 Å². The Morgan fingerprint density at radius 1 is 1.58 bits per heavy atom. The summed E-state index contributed by atoms with van der Waals surface area (Å²) in [5, 5.41) is 9.45. The fraction of sp³-hybridized carbons (Fsp3) is 0.286. The highest BCUT2D eigenvalue weighted by Gasteiger charge is 2.32. The van der Waals surface area contributed by atoms with E-state index in [0.29, 0.717) is 12.2 Å². The first kappa shape index (κ1) is 13.0. The molecule has 1 aromatic carbocycles. The number of amides is 1. The van der Waals surface area contributed by atoms with Crippen molar-refractivity contribution in [2.45, 2.75) is 6.42 Å². The number of rotatable bonds is 2. The fourth-order valence-electron chi connectivity index (χ4n) is 2.08. The van der Waals surface area contributed by atoms with Gasteiger partial charge in [-0.3, -0.25) is 4.79 Å². The fourth-order valence-corrected chi connectivity index (χ4v) is 2.08. The third kappa shape index (κ3) is 2.38. The summed E-state index contributed by atoms with van der Waals surface area (Å²) in [6.07, 6.45) is 5.59. The largest absolute Gasteiger partial charge is 0.508 e. The van der Waals surface area contributed by atoms with Crippen molar-refractivity contribution in [1.29, 1.82) is 0 Å². The number of aromatic hydroxyl groups is 1. The van der Waals surface area contributed by atoms with E-state index in [1.54, 1.807) is 0 Å². The van der Waals surface area contributed by atoms with Gasteiger partial charge < -0.3 is 14.7 Å². The van der Waals surface area contributed by atoms with Gasteiger partial charge in [0.05, 0.1) is 18.4 Å². The Kier molecular flexibility index (Phi) is 3.43. The van der Waals surface area contributed by atoms with E-state index in [0.717, 1.165) is 0 Å². The molecule has 0 spiro atoms. The number of carbonyl (C=O) groups is 2. The number of carbonyl (C=O) groups excluding carboxylic acids is 2. The van der Waals surface area contributed by atoms with Gasteiger partial charge in [0, 0.05) is 18.9 Å². The normalized spacial score (nSPS) is 18.2. The number of nitrogens with zero attached hydrogens (tertiary/aromatic N) is 1. The number of methoxy groups -OCH3 is 1. The molecule has 1 saturated heterocycles. The van der Waals surface area contributed by atoms with Gasteiger partial charge in [0.1, 0.15) is 5.75 Å². The van der Waals surface area contributed by atoms with Crippen molar-refractivity contribution < 1.29 is 19.4 Å². The molecule has 1 aliphatic heterocycles. The van der Waals surface area contributed by atoms with E-state index in [1.807, 2.05) is 0 Å². The lowest BCUT2D eigenvalue weighted by molar-refractivity contribution is -0.117. The van der Waals surface area contributed by atoms with Crippen LogP contribution in [0, 0.1) is 18.3 Å². The molecule has 1 unspecified atom stereocenters. The topological polar surface area (TPSA) is 66.8 Å². The summed E-state index contributed by atoms with van der Waals surface area (Å²) in [6.45, 7) is 0.365. The molecule has 5 heteroatoms. The first-order valence-corrected chi connectivity index (χ1v) is 5.74. The van der Waals surface area contributed by atoms with Crippen molar-refractivity contribution >= 4 is 17.6 Å². The van der Waals surface area contributed by atoms with E-state index in [4.69, 9.17) is 6.42 Å². The van der Waals surface area contributed by atoms with E-state index in [1.165, 1.54) is 30.2 Å². The summed E-state index contributed by atoms with van der Waals surface area (Å²) in [5.74, 6) is 1.57. The Bertz CT molecular complexity index is 573. The highest BCUT2D eigenvalue weighted by Crippen LogP contribution is 2.30. The summed E-state index contributed by atoms with van der Waals surface area (Å²) in [4.78, 5) is 25.1. The molecular formula is C14H13NO4. The SMILES string of the molecule is C#CC1CC(=O)N(c2ccc(O)cc2C(=O)OC)C1. The zero-order valence-electron chi connectivity index (χ0n) is 10.4. The second-order valence-electron chi connectivity index (χ2n) is 4.27. The van der Waals surface area contributed by atoms with Crippen LogP contribution in [0.25, 0.3) is 0 Å². The Morgan fingerprint density at radius 3 is 2.89 bits per heavy atom. The van der Waals surface area contributed by atoms with Crippen molar-refractivity contribution in [3.05, 3.63) is 23.8 Å². The monoisotopic (exact) mass is 259 g/mol. The van der Waals surface area contributed by atoms with Gasteiger partial charge in [0.2, 0.25) is 5.91 Å². The minimum Gasteiger partial charge on any atom is -0.508 e. The van der Waals surface area contributed by atoms with Crippen molar-refractivity contribution in [3.8, 4) is 18.1 Å². The molecule has 1 aromatic rings. The lowest BCUT2D eigenvalue weighted by Gasteiger charge is -2.19. The number of anilines is 1. The minimum atomic E-state index is -0.608. The van der Waals surface area contributed by atoms with Crippen LogP contribution in [-0.2, 0) is 9.53 Å². The van der Waals surface area contributed by atoms with E-state index >= 15 is 0 Å². The molecule has 19 heavy (non-hydrogen) atoms. The predicted molar refractivity (Wildman–Crippen MR) is 68.7 cm³/mol. The molecule has 0 aromatic heterocycles. The molecule has 1 amide bonds. The Hall–Kier alpha value is -2.48. The van der Waals surface area contributed by atoms with E-state index in [2.05, 4.69) is 10.7 Å². The molecule has 0 aliphatic carbocycles. The van der Waals surface area contributed by atoms with Crippen molar-refractivity contribution in [1.82, 2.24) is 0 Å². The molecule has 1 aliphatic rings. The summed E-state index contributed by atoms with van der Waals surface area (Å²) in [6, 6.07) is 4.20. The van der Waals surface area contributed by atoms with Gasteiger partial charge >= 0.3 is 5.97 Å². The van der Waals surface area contributed by atoms with Crippen molar-refractivity contribution in [3.63, 3.8) is 0 Å². The molecule has 0 saturated carbocycles. The van der Waals surface area contributed by atoms with Crippen LogP contribution >= 0.6 is 0 Å². The number of benzene rings is 1. The maximum atomic E-state index is 11.9. The summed E-state index contributed by atoms with van der Waals surface area (Å²) >= 11 is 0. The summed E-state index contributed by atoms with van der Waals surface area (Å²) in [5.41, 5.74) is 0.556. The van der Waals surface area contributed by atoms with Crippen molar-refractivity contribution in [2.24, 2.45) is 5.92 Å². The highest BCUT2D eigenvalue weighted by molar-refractivity contribution is 6.04. The molecule has 0 radical (unpaired) electrons. The predicted octanol–water partition coefficient (Wildman–Crippen LogP) is 1.16. The summed E-state index contributed by atoms with van der Waals surface area (Å²) < 4.78 is 4.65. The number of phenols is 1. The standard InChI is InChI=1S/C14H13NO4/c1-3-9-6-13(17)15(8-9)12-5-4-10(16)7-11(12)14(18)19-2/h1,4-5,7,9,16H,6,8H2,2H3. The first-order valence-electron chi connectivity index (χ1n) is 5.74. The van der Waals surface area contributed by atoms with Crippen LogP contribution in [0.1, 0.15) is 16.8 Å². The highest BCUT2D eigenvalue weighted by atomic mass is 16.5. The van der Waals surface area contributed by atoms with Crippen LogP contribution in [0.3, 0.4) is 0 Å². The molecule has 0 bridgehead atoms. The lowest BCUT2D eigenvalue weighted by Crippen LogP contribution is -2.26. The minimum absolute atomic E-state index is 0.0655. The second-order valence-corrected chi connectivity index (χ2v) is 4.27. The third-order valence-electron chi connectivity index (χ3n) is 3.04. The molecule has 2 rings (SSSR count). The Balaban J connectivity index is 2.43. The van der Waals surface area contributed by atoms with Gasteiger partial charge in [-0.25, -0.2) is 4.79 Å². The van der Waals surface area contributed by atoms with Crippen molar-refractivity contribution in [2.75, 3.05) is 18.6 Å². The molecule has 5 nitrogen and oxygen atoms in total. The zero-order chi connectivity index (χ0) is 14.0. The van der Waals surface area contributed by atoms with Gasteiger partial charge in [-0.15, -0.1) is 12.3 Å². The van der Waals surface area contributed by atoms with Crippen LogP contribution in [0.2, 0.25) is 0 Å². The van der Waals surface area contributed by atoms with Gasteiger partial charge in [-0.05, 0) is 18.2 Å². The van der Waals surface area contributed by atoms with Crippen LogP contribution in [0.15, 0.2) is 18.2 Å². The molecular weight excluding hydrogens is 246 g/mol. The van der Waals surface area contributed by atoms with Crippen LogP contribution in [-0.4, -0.2) is 30.6 Å². The average molecular weight is 259 g/mol. The second kappa shape index (κ2) is 5.02. The van der Waals surface area contributed by atoms with Gasteiger partial charge in [-0.1, -0.05) is 0 Å². The smallest absolute Gasteiger partial charge is 0.340 e. The number of esters is 1. The molecule has 1 fully saturated rings. The number of hydrogen-bond acceptors (Lipinski definition) is 4. The van der Waals surface area contributed by atoms with E-state index in [-0.39, 0.29) is 29.6 Å². The molecule has 1 atom stereocenters. The maximum Gasteiger partial charge on any atom is 0.340 e. The van der Waals surface area contributed by atoms with Gasteiger partial charge in [-0.2, -0.15) is 0 Å². The Morgan fingerprint density at radius 2 is 2.32 bits per heavy atom. The first-order chi connectivity index (χ1) is 9.06. The average Bonchev–Trinajstić information content (AvgIpc) is 2.79. The van der Waals surface area contributed by atoms with E-state index in [9.17, 15) is 14.7 Å². The van der Waals surface area contributed by atoms with Crippen LogP contribution < -0.4 is 4.90 Å². The van der Waals surface area contributed by atoms with Gasteiger partial charge in [0.15, 0.2) is 0 Å². The number of terminal acetylenes is 1. The molecule has 1 N–H and O–H groups in total. The maximum absolute atomic E-state index is 11.9. The summed E-state index contributed by atoms with van der Waals surface area (Å²) in [7, 11) is 1.24. The number of hydrogen-bond donors (Lipinski definition) is 1. The van der Waals surface area contributed by atoms with Gasteiger partial charge in [0.25, 0.3) is 0 Å². The Labute approximate surface area is 110 Å². The molecule has 1 heterocycles. The molecule has 98 valence electrons. The number of ether oxygens (including phenoxy) is 1. The van der Waals surface area contributed by atoms with Crippen LogP contribution in [0.5, 0.6) is 5.75 Å². The number of phenolic OH excluding ortho intramolecular Hbond substituents is 1. The third-order valence-corrected chi connectivity index (χ3v) is 3.04. The quantitative estimate of drug-likeness (QED) is 0.639. The van der Waals surface area contributed by atoms with Crippen LogP contribution in [0.4, 0.5) is 5.69 Å². The lowest BCUT2D eigenvalue weighted by atomic mass is 10.1. The zero-order valence-corrected chi connectivity index (χ0v) is 10.4.